The van der Waals surface area contributed by atoms with Crippen molar-refractivity contribution in [2.45, 2.75) is 39.2 Å². The Morgan fingerprint density at radius 2 is 1.63 bits per heavy atom. The Hall–Kier alpha value is -1.67. The molecule has 2 nitrogen and oxygen atoms in total. The molecule has 1 aromatic heterocycles. The Morgan fingerprint density at radius 3 is 2.16 bits per heavy atom. The molecular weight excluding hydrogens is 234 g/mol. The lowest BCUT2D eigenvalue weighted by atomic mass is 9.86. The molecule has 0 aliphatic carbocycles. The molecule has 2 rings (SSSR count). The summed E-state index contributed by atoms with van der Waals surface area (Å²) in [6, 6.07) is 13.8. The maximum absolute atomic E-state index is 10.3. The molecule has 1 N–H and O–H groups in total. The Labute approximate surface area is 115 Å². The van der Waals surface area contributed by atoms with Crippen LogP contribution in [0, 0.1) is 6.92 Å². The third-order valence-electron chi connectivity index (χ3n) is 3.28. The zero-order chi connectivity index (χ0) is 14.0. The normalized spacial score (nSPS) is 13.3. The number of pyridine rings is 1. The fraction of sp³-hybridized carbons (Fsp3) is 0.353. The summed E-state index contributed by atoms with van der Waals surface area (Å²) in [6.07, 6.45) is -0.658. The minimum absolute atomic E-state index is 0.130. The summed E-state index contributed by atoms with van der Waals surface area (Å²) in [4.78, 5) is 4.37. The second-order valence-corrected chi connectivity index (χ2v) is 5.98. The first-order valence-electron chi connectivity index (χ1n) is 6.60. The lowest BCUT2D eigenvalue weighted by Gasteiger charge is -2.20. The first-order valence-corrected chi connectivity index (χ1v) is 6.60. The number of hydrogen-bond donors (Lipinski definition) is 1. The van der Waals surface area contributed by atoms with Crippen LogP contribution < -0.4 is 0 Å². The van der Waals surface area contributed by atoms with Crippen molar-refractivity contribution >= 4 is 0 Å². The molecule has 0 aliphatic heterocycles. The van der Waals surface area contributed by atoms with E-state index >= 15 is 0 Å². The molecule has 1 unspecified atom stereocenters. The van der Waals surface area contributed by atoms with Gasteiger partial charge < -0.3 is 5.11 Å². The van der Waals surface area contributed by atoms with E-state index in [4.69, 9.17) is 0 Å². The maximum atomic E-state index is 10.3. The van der Waals surface area contributed by atoms with E-state index in [0.717, 1.165) is 11.3 Å². The maximum Gasteiger partial charge on any atom is 0.121 e. The summed E-state index contributed by atoms with van der Waals surface area (Å²) in [6.45, 7) is 8.47. The number of aliphatic hydroxyl groups is 1. The smallest absolute Gasteiger partial charge is 0.121 e. The van der Waals surface area contributed by atoms with Gasteiger partial charge in [-0.15, -0.1) is 0 Å². The highest BCUT2D eigenvalue weighted by Gasteiger charge is 2.16. The predicted molar refractivity (Wildman–Crippen MR) is 78.2 cm³/mol. The largest absolute Gasteiger partial charge is 0.382 e. The van der Waals surface area contributed by atoms with Crippen LogP contribution in [0.5, 0.6) is 0 Å². The van der Waals surface area contributed by atoms with Gasteiger partial charge in [-0.05, 0) is 35.6 Å². The van der Waals surface area contributed by atoms with E-state index < -0.39 is 6.10 Å². The summed E-state index contributed by atoms with van der Waals surface area (Å²) in [7, 11) is 0. The Bertz CT molecular complexity index is 552. The van der Waals surface area contributed by atoms with Crippen molar-refractivity contribution in [1.82, 2.24) is 4.98 Å². The van der Waals surface area contributed by atoms with Gasteiger partial charge in [0.05, 0.1) is 5.69 Å². The second kappa shape index (κ2) is 5.14. The van der Waals surface area contributed by atoms with Crippen LogP contribution in [0.15, 0.2) is 42.5 Å². The molecular formula is C17H21NO. The number of benzene rings is 1. The van der Waals surface area contributed by atoms with E-state index in [1.165, 1.54) is 5.56 Å². The number of nitrogens with zero attached hydrogens (tertiary/aromatic N) is 1. The van der Waals surface area contributed by atoms with Gasteiger partial charge in [0.15, 0.2) is 0 Å². The quantitative estimate of drug-likeness (QED) is 0.886. The van der Waals surface area contributed by atoms with Crippen LogP contribution in [0.3, 0.4) is 0 Å². The van der Waals surface area contributed by atoms with Gasteiger partial charge in [-0.25, -0.2) is 0 Å². The summed E-state index contributed by atoms with van der Waals surface area (Å²) < 4.78 is 0. The fourth-order valence-electron chi connectivity index (χ4n) is 2.05. The number of aryl methyl sites for hydroxylation is 1. The summed E-state index contributed by atoms with van der Waals surface area (Å²) in [5.41, 5.74) is 3.89. The van der Waals surface area contributed by atoms with Gasteiger partial charge in [-0.3, -0.25) is 4.98 Å². The Balaban J connectivity index is 2.27. The monoisotopic (exact) mass is 255 g/mol. The van der Waals surface area contributed by atoms with Crippen LogP contribution in [-0.4, -0.2) is 10.1 Å². The topological polar surface area (TPSA) is 33.1 Å². The summed E-state index contributed by atoms with van der Waals surface area (Å²) >= 11 is 0. The highest BCUT2D eigenvalue weighted by atomic mass is 16.3. The van der Waals surface area contributed by atoms with E-state index in [-0.39, 0.29) is 5.41 Å². The van der Waals surface area contributed by atoms with E-state index in [1.807, 2.05) is 37.3 Å². The molecule has 1 aromatic carbocycles. The van der Waals surface area contributed by atoms with E-state index in [2.05, 4.69) is 37.9 Å². The molecule has 1 atom stereocenters. The molecule has 0 saturated heterocycles. The van der Waals surface area contributed by atoms with Crippen LogP contribution >= 0.6 is 0 Å². The van der Waals surface area contributed by atoms with Gasteiger partial charge in [-0.1, -0.05) is 51.1 Å². The van der Waals surface area contributed by atoms with Crippen molar-refractivity contribution in [3.05, 3.63) is 65.0 Å². The Kier molecular flexibility index (Phi) is 3.72. The number of rotatable bonds is 2. The molecule has 2 aromatic rings. The van der Waals surface area contributed by atoms with Crippen molar-refractivity contribution in [2.24, 2.45) is 0 Å². The molecule has 2 heteroatoms. The average molecular weight is 255 g/mol. The van der Waals surface area contributed by atoms with Gasteiger partial charge in [0.2, 0.25) is 0 Å². The minimum atomic E-state index is -0.658. The van der Waals surface area contributed by atoms with Crippen LogP contribution in [-0.2, 0) is 5.41 Å². The average Bonchev–Trinajstić information content (AvgIpc) is 2.37. The highest BCUT2D eigenvalue weighted by Crippen LogP contribution is 2.26. The predicted octanol–water partition coefficient (Wildman–Crippen LogP) is 3.77. The van der Waals surface area contributed by atoms with Gasteiger partial charge >= 0.3 is 0 Å². The highest BCUT2D eigenvalue weighted by molar-refractivity contribution is 5.32. The molecule has 100 valence electrons. The third kappa shape index (κ3) is 3.21. The molecule has 0 aliphatic rings. The summed E-state index contributed by atoms with van der Waals surface area (Å²) in [5, 5.41) is 10.3. The molecule has 0 radical (unpaired) electrons. The lowest BCUT2D eigenvalue weighted by Crippen LogP contribution is -2.11. The molecule has 0 fully saturated rings. The van der Waals surface area contributed by atoms with Gasteiger partial charge in [0.1, 0.15) is 6.10 Å². The van der Waals surface area contributed by atoms with Crippen LogP contribution in [0.4, 0.5) is 0 Å². The van der Waals surface area contributed by atoms with E-state index in [0.29, 0.717) is 5.69 Å². The van der Waals surface area contributed by atoms with Crippen LogP contribution in [0.1, 0.15) is 49.4 Å². The zero-order valence-corrected chi connectivity index (χ0v) is 12.0. The minimum Gasteiger partial charge on any atom is -0.382 e. The Morgan fingerprint density at radius 1 is 1.00 bits per heavy atom. The van der Waals surface area contributed by atoms with E-state index in [9.17, 15) is 5.11 Å². The number of aromatic nitrogens is 1. The number of aliphatic hydroxyl groups excluding tert-OH is 1. The molecule has 0 bridgehead atoms. The van der Waals surface area contributed by atoms with Crippen molar-refractivity contribution in [3.8, 4) is 0 Å². The third-order valence-corrected chi connectivity index (χ3v) is 3.28. The fourth-order valence-corrected chi connectivity index (χ4v) is 2.05. The molecule has 1 heterocycles. The van der Waals surface area contributed by atoms with Gasteiger partial charge in [0, 0.05) is 5.69 Å². The summed E-state index contributed by atoms with van der Waals surface area (Å²) in [5.74, 6) is 0. The standard InChI is InChI=1S/C17H21NO/c1-12-6-5-7-15(18-12)16(19)13-8-10-14(11-9-13)17(2,3)4/h5-11,16,19H,1-4H3. The molecule has 0 saturated carbocycles. The van der Waals surface area contributed by atoms with Crippen molar-refractivity contribution in [2.75, 3.05) is 0 Å². The SMILES string of the molecule is Cc1cccc(C(O)c2ccc(C(C)(C)C)cc2)n1. The van der Waals surface area contributed by atoms with Crippen molar-refractivity contribution < 1.29 is 5.11 Å². The van der Waals surface area contributed by atoms with Crippen molar-refractivity contribution in [1.29, 1.82) is 0 Å². The second-order valence-electron chi connectivity index (χ2n) is 5.98. The van der Waals surface area contributed by atoms with Gasteiger partial charge in [0.25, 0.3) is 0 Å². The number of hydrogen-bond acceptors (Lipinski definition) is 2. The van der Waals surface area contributed by atoms with Crippen molar-refractivity contribution in [3.63, 3.8) is 0 Å². The van der Waals surface area contributed by atoms with Crippen LogP contribution in [0.2, 0.25) is 0 Å². The molecule has 19 heavy (non-hydrogen) atoms. The molecule has 0 spiro atoms. The zero-order valence-electron chi connectivity index (χ0n) is 12.0. The molecule has 0 amide bonds. The first-order chi connectivity index (χ1) is 8.88. The van der Waals surface area contributed by atoms with Gasteiger partial charge in [-0.2, -0.15) is 0 Å². The lowest BCUT2D eigenvalue weighted by molar-refractivity contribution is 0.215. The van der Waals surface area contributed by atoms with Crippen LogP contribution in [0.25, 0.3) is 0 Å². The van der Waals surface area contributed by atoms with E-state index in [1.54, 1.807) is 0 Å². The first kappa shape index (κ1) is 13.8.